The average molecular weight is 481 g/mol. The molecule has 3 heterocycles. The minimum Gasteiger partial charge on any atom is -0.457 e. The molecule has 2 aromatic carbocycles. The van der Waals surface area contributed by atoms with Gasteiger partial charge in [-0.25, -0.2) is 14.6 Å². The minimum atomic E-state index is 0.0230. The maximum Gasteiger partial charge on any atom is 0.226 e. The van der Waals surface area contributed by atoms with Crippen molar-refractivity contribution in [1.29, 1.82) is 0 Å². The number of hydrogen-bond acceptors (Lipinski definition) is 6. The number of piperidine rings is 1. The van der Waals surface area contributed by atoms with Crippen LogP contribution in [0.4, 0.5) is 5.82 Å². The van der Waals surface area contributed by atoms with Crippen LogP contribution >= 0.6 is 0 Å². The predicted octanol–water partition coefficient (Wildman–Crippen LogP) is 4.85. The van der Waals surface area contributed by atoms with Gasteiger partial charge in [0.2, 0.25) is 5.91 Å². The van der Waals surface area contributed by atoms with Gasteiger partial charge in [0, 0.05) is 24.6 Å². The number of hydrogen-bond donors (Lipinski definition) is 1. The molecule has 8 nitrogen and oxygen atoms in total. The number of fused-ring (bicyclic) bond motifs is 1. The van der Waals surface area contributed by atoms with E-state index in [0.29, 0.717) is 23.9 Å². The molecule has 0 radical (unpaired) electrons. The van der Waals surface area contributed by atoms with Crippen molar-refractivity contribution in [3.63, 3.8) is 0 Å². The van der Waals surface area contributed by atoms with E-state index in [1.165, 1.54) is 6.33 Å². The van der Waals surface area contributed by atoms with Crippen molar-refractivity contribution in [2.75, 3.05) is 18.8 Å². The van der Waals surface area contributed by atoms with Crippen molar-refractivity contribution in [3.05, 3.63) is 73.6 Å². The number of amides is 1. The van der Waals surface area contributed by atoms with Crippen LogP contribution in [0.2, 0.25) is 0 Å². The lowest BCUT2D eigenvalue weighted by molar-refractivity contribution is -0.134. The molecule has 1 saturated heterocycles. The molecule has 2 aliphatic rings. The number of carbonyl (C=O) groups is 1. The summed E-state index contributed by atoms with van der Waals surface area (Å²) in [5.41, 5.74) is 8.64. The van der Waals surface area contributed by atoms with E-state index in [1.807, 2.05) is 70.3 Å². The summed E-state index contributed by atoms with van der Waals surface area (Å²) in [6.45, 7) is 5.24. The van der Waals surface area contributed by atoms with Crippen molar-refractivity contribution < 1.29 is 9.53 Å². The van der Waals surface area contributed by atoms with Crippen molar-refractivity contribution in [3.8, 4) is 22.8 Å². The molecular formula is C28H28N6O2. The summed E-state index contributed by atoms with van der Waals surface area (Å²) in [7, 11) is 0. The first-order valence-corrected chi connectivity index (χ1v) is 12.4. The Morgan fingerprint density at radius 1 is 1.08 bits per heavy atom. The predicted molar refractivity (Wildman–Crippen MR) is 138 cm³/mol. The highest BCUT2D eigenvalue weighted by atomic mass is 16.5. The Morgan fingerprint density at radius 3 is 2.61 bits per heavy atom. The number of nitrogens with two attached hydrogens (primary N) is 1. The number of para-hydroxylation sites is 1. The third-order valence-corrected chi connectivity index (χ3v) is 7.14. The zero-order valence-electron chi connectivity index (χ0n) is 20.0. The van der Waals surface area contributed by atoms with Gasteiger partial charge in [-0.2, -0.15) is 5.10 Å². The number of aromatic nitrogens is 4. The largest absolute Gasteiger partial charge is 0.457 e. The number of nitrogen functional groups attached to an aromatic ring is 1. The molecule has 1 saturated carbocycles. The van der Waals surface area contributed by atoms with Crippen molar-refractivity contribution >= 4 is 22.8 Å². The van der Waals surface area contributed by atoms with Gasteiger partial charge in [0.25, 0.3) is 0 Å². The molecule has 2 fully saturated rings. The van der Waals surface area contributed by atoms with E-state index in [9.17, 15) is 4.79 Å². The van der Waals surface area contributed by atoms with Crippen LogP contribution in [0.25, 0.3) is 22.3 Å². The number of anilines is 1. The molecule has 6 rings (SSSR count). The van der Waals surface area contributed by atoms with E-state index in [-0.39, 0.29) is 17.9 Å². The van der Waals surface area contributed by atoms with Gasteiger partial charge in [-0.05, 0) is 61.6 Å². The summed E-state index contributed by atoms with van der Waals surface area (Å²) in [6, 6.07) is 17.5. The third-order valence-electron chi connectivity index (χ3n) is 7.14. The van der Waals surface area contributed by atoms with Crippen molar-refractivity contribution in [2.45, 2.75) is 25.3 Å². The number of ether oxygens (including phenoxy) is 1. The second-order valence-corrected chi connectivity index (χ2v) is 9.51. The molecule has 8 heteroatoms. The second-order valence-electron chi connectivity index (χ2n) is 9.51. The van der Waals surface area contributed by atoms with Gasteiger partial charge in [-0.15, -0.1) is 6.58 Å². The van der Waals surface area contributed by atoms with Gasteiger partial charge in [-0.3, -0.25) is 4.79 Å². The third kappa shape index (κ3) is 4.08. The fraction of sp³-hybridized carbons (Fsp3) is 0.286. The molecular weight excluding hydrogens is 452 g/mol. The van der Waals surface area contributed by atoms with Crippen LogP contribution in [0.3, 0.4) is 0 Å². The summed E-state index contributed by atoms with van der Waals surface area (Å²) in [5.74, 6) is 2.53. The van der Waals surface area contributed by atoms with E-state index in [1.54, 1.807) is 0 Å². The maximum atomic E-state index is 13.0. The maximum absolute atomic E-state index is 13.0. The van der Waals surface area contributed by atoms with Gasteiger partial charge in [0.05, 0.1) is 11.4 Å². The molecule has 0 unspecified atom stereocenters. The molecule has 3 atom stereocenters. The fourth-order valence-corrected chi connectivity index (χ4v) is 5.11. The normalized spacial score (nSPS) is 21.3. The van der Waals surface area contributed by atoms with Gasteiger partial charge in [-0.1, -0.05) is 24.3 Å². The van der Waals surface area contributed by atoms with Crippen molar-refractivity contribution in [2.24, 2.45) is 11.8 Å². The number of likely N-dealkylation sites (tertiary alicyclic amines) is 1. The quantitative estimate of drug-likeness (QED) is 0.396. The molecule has 2 N–H and O–H groups in total. The molecule has 1 amide bonds. The number of allylic oxidation sites excluding steroid dienone is 1. The highest BCUT2D eigenvalue weighted by Gasteiger charge is 2.44. The van der Waals surface area contributed by atoms with Crippen LogP contribution in [0.15, 0.2) is 73.6 Å². The first-order chi connectivity index (χ1) is 17.6. The first kappa shape index (κ1) is 22.3. The van der Waals surface area contributed by atoms with Crippen LogP contribution in [-0.4, -0.2) is 43.6 Å². The SMILES string of the molecule is C=C[C@H]1C[C@H]1C(=O)N1CCC[C@@H](n2nc(-c3ccc(Oc4ccccc4)cc3)c3c(N)ncnc32)C1. The molecule has 1 aliphatic carbocycles. The minimum absolute atomic E-state index is 0.0230. The molecule has 4 aromatic rings. The summed E-state index contributed by atoms with van der Waals surface area (Å²) < 4.78 is 7.88. The lowest BCUT2D eigenvalue weighted by Crippen LogP contribution is -2.42. The van der Waals surface area contributed by atoms with Crippen LogP contribution in [0, 0.1) is 11.8 Å². The molecule has 36 heavy (non-hydrogen) atoms. The fourth-order valence-electron chi connectivity index (χ4n) is 5.11. The smallest absolute Gasteiger partial charge is 0.226 e. The molecule has 0 spiro atoms. The molecule has 182 valence electrons. The summed E-state index contributed by atoms with van der Waals surface area (Å²) in [5, 5.41) is 5.71. The number of rotatable bonds is 6. The summed E-state index contributed by atoms with van der Waals surface area (Å²) >= 11 is 0. The van der Waals surface area contributed by atoms with Crippen molar-refractivity contribution in [1.82, 2.24) is 24.6 Å². The van der Waals surface area contributed by atoms with Crippen LogP contribution in [-0.2, 0) is 4.79 Å². The Morgan fingerprint density at radius 2 is 1.86 bits per heavy atom. The monoisotopic (exact) mass is 480 g/mol. The summed E-state index contributed by atoms with van der Waals surface area (Å²) in [4.78, 5) is 23.8. The van der Waals surface area contributed by atoms with Crippen LogP contribution in [0.1, 0.15) is 25.3 Å². The lowest BCUT2D eigenvalue weighted by Gasteiger charge is -2.33. The Bertz CT molecular complexity index is 1420. The number of nitrogens with zero attached hydrogens (tertiary/aromatic N) is 5. The highest BCUT2D eigenvalue weighted by Crippen LogP contribution is 2.42. The van der Waals surface area contributed by atoms with Crippen LogP contribution < -0.4 is 10.5 Å². The van der Waals surface area contributed by atoms with Gasteiger partial charge in [0.15, 0.2) is 5.65 Å². The van der Waals surface area contributed by atoms with E-state index >= 15 is 0 Å². The highest BCUT2D eigenvalue weighted by molar-refractivity contribution is 5.98. The van der Waals surface area contributed by atoms with Gasteiger partial charge in [0.1, 0.15) is 29.3 Å². The molecule has 2 aromatic heterocycles. The first-order valence-electron chi connectivity index (χ1n) is 12.4. The van der Waals surface area contributed by atoms with E-state index < -0.39 is 0 Å². The second kappa shape index (κ2) is 9.11. The van der Waals surface area contributed by atoms with E-state index in [0.717, 1.165) is 53.9 Å². The molecule has 0 bridgehead atoms. The lowest BCUT2D eigenvalue weighted by atomic mass is 10.0. The summed E-state index contributed by atoms with van der Waals surface area (Å²) in [6.07, 6.45) is 6.12. The Balaban J connectivity index is 1.30. The van der Waals surface area contributed by atoms with E-state index in [2.05, 4.69) is 16.5 Å². The standard InChI is InChI=1S/C28H28N6O2/c1-2-18-15-23(18)28(35)33-14-6-7-20(16-33)34-27-24(26(29)30-17-31-27)25(32-34)19-10-12-22(13-11-19)36-21-8-4-3-5-9-21/h2-5,8-13,17-18,20,23H,1,6-7,14-16H2,(H2,29,30,31)/t18-,20+,23+/m0/s1. The average Bonchev–Trinajstić information content (AvgIpc) is 3.61. The zero-order chi connectivity index (χ0) is 24.6. The van der Waals surface area contributed by atoms with Gasteiger partial charge >= 0.3 is 0 Å². The van der Waals surface area contributed by atoms with Crippen LogP contribution in [0.5, 0.6) is 11.5 Å². The van der Waals surface area contributed by atoms with Gasteiger partial charge < -0.3 is 15.4 Å². The number of carbonyl (C=O) groups excluding carboxylic acids is 1. The molecule has 1 aliphatic heterocycles. The topological polar surface area (TPSA) is 99.2 Å². The Labute approximate surface area is 209 Å². The Kier molecular flexibility index (Phi) is 5.64. The zero-order valence-corrected chi connectivity index (χ0v) is 20.0. The number of benzene rings is 2. The van der Waals surface area contributed by atoms with E-state index in [4.69, 9.17) is 15.6 Å². The Hall–Kier alpha value is -4.20.